The third-order valence-corrected chi connectivity index (χ3v) is 2.66. The fourth-order valence-electron chi connectivity index (χ4n) is 1.08. The predicted molar refractivity (Wildman–Crippen MR) is 71.2 cm³/mol. The van der Waals surface area contributed by atoms with Crippen LogP contribution in [0.25, 0.3) is 0 Å². The SMILES string of the molecule is CC(C)(C)NCC(=O)c1ccc(I)cc1. The van der Waals surface area contributed by atoms with Gasteiger partial charge in [0.05, 0.1) is 6.54 Å². The molecule has 0 aliphatic heterocycles. The van der Waals surface area contributed by atoms with Crippen molar-refractivity contribution in [1.29, 1.82) is 0 Å². The molecule has 1 rings (SSSR count). The standard InChI is InChI=1S/C12H16INO/c1-12(2,3)14-8-11(15)9-4-6-10(13)7-5-9/h4-7,14H,8H2,1-3H3. The molecule has 15 heavy (non-hydrogen) atoms. The van der Waals surface area contributed by atoms with Gasteiger partial charge in [0.15, 0.2) is 5.78 Å². The van der Waals surface area contributed by atoms with E-state index in [1.807, 2.05) is 45.0 Å². The molecular weight excluding hydrogens is 301 g/mol. The highest BCUT2D eigenvalue weighted by Gasteiger charge is 2.12. The highest BCUT2D eigenvalue weighted by Crippen LogP contribution is 2.07. The van der Waals surface area contributed by atoms with E-state index in [-0.39, 0.29) is 11.3 Å². The average molecular weight is 317 g/mol. The molecule has 1 aromatic rings. The number of Topliss-reactive ketones (excluding diaryl/α,β-unsaturated/α-hetero) is 1. The Hall–Kier alpha value is -0.420. The Labute approximate surface area is 105 Å². The van der Waals surface area contributed by atoms with Crippen molar-refractivity contribution in [1.82, 2.24) is 5.32 Å². The van der Waals surface area contributed by atoms with E-state index in [1.165, 1.54) is 0 Å². The molecule has 0 fully saturated rings. The van der Waals surface area contributed by atoms with Crippen molar-refractivity contribution in [2.24, 2.45) is 0 Å². The molecule has 0 aromatic heterocycles. The molecule has 0 bridgehead atoms. The largest absolute Gasteiger partial charge is 0.305 e. The summed E-state index contributed by atoms with van der Waals surface area (Å²) in [6.07, 6.45) is 0. The maximum atomic E-state index is 11.7. The third kappa shape index (κ3) is 4.75. The highest BCUT2D eigenvalue weighted by molar-refractivity contribution is 14.1. The smallest absolute Gasteiger partial charge is 0.176 e. The van der Waals surface area contributed by atoms with E-state index in [0.29, 0.717) is 6.54 Å². The third-order valence-electron chi connectivity index (χ3n) is 1.95. The zero-order valence-corrected chi connectivity index (χ0v) is 11.5. The van der Waals surface area contributed by atoms with Gasteiger partial charge in [-0.2, -0.15) is 0 Å². The van der Waals surface area contributed by atoms with Gasteiger partial charge in [-0.1, -0.05) is 12.1 Å². The number of carbonyl (C=O) groups is 1. The van der Waals surface area contributed by atoms with Crippen molar-refractivity contribution in [3.05, 3.63) is 33.4 Å². The molecule has 0 saturated carbocycles. The van der Waals surface area contributed by atoms with Gasteiger partial charge in [-0.15, -0.1) is 0 Å². The number of ketones is 1. The van der Waals surface area contributed by atoms with Crippen LogP contribution in [0, 0.1) is 3.57 Å². The molecule has 82 valence electrons. The summed E-state index contributed by atoms with van der Waals surface area (Å²) in [5, 5.41) is 3.18. The van der Waals surface area contributed by atoms with Crippen LogP contribution in [0.1, 0.15) is 31.1 Å². The van der Waals surface area contributed by atoms with E-state index >= 15 is 0 Å². The first kappa shape index (κ1) is 12.6. The average Bonchev–Trinajstić information content (AvgIpc) is 2.14. The van der Waals surface area contributed by atoms with E-state index in [4.69, 9.17) is 0 Å². The van der Waals surface area contributed by atoms with Gasteiger partial charge in [0.2, 0.25) is 0 Å². The second-order valence-electron chi connectivity index (χ2n) is 4.53. The van der Waals surface area contributed by atoms with E-state index in [2.05, 4.69) is 27.9 Å². The normalized spacial score (nSPS) is 11.5. The molecule has 0 aliphatic rings. The van der Waals surface area contributed by atoms with Gasteiger partial charge in [-0.25, -0.2) is 0 Å². The fraction of sp³-hybridized carbons (Fsp3) is 0.417. The summed E-state index contributed by atoms with van der Waals surface area (Å²) >= 11 is 2.23. The van der Waals surface area contributed by atoms with Crippen molar-refractivity contribution in [2.75, 3.05) is 6.54 Å². The molecule has 3 heteroatoms. The van der Waals surface area contributed by atoms with Crippen LogP contribution in [0.15, 0.2) is 24.3 Å². The second-order valence-corrected chi connectivity index (χ2v) is 5.78. The number of carbonyl (C=O) groups excluding carboxylic acids is 1. The van der Waals surface area contributed by atoms with Gasteiger partial charge in [0.25, 0.3) is 0 Å². The molecule has 0 radical (unpaired) electrons. The minimum Gasteiger partial charge on any atom is -0.305 e. The van der Waals surface area contributed by atoms with Crippen molar-refractivity contribution >= 4 is 28.4 Å². The topological polar surface area (TPSA) is 29.1 Å². The summed E-state index contributed by atoms with van der Waals surface area (Å²) in [6, 6.07) is 7.64. The van der Waals surface area contributed by atoms with E-state index in [0.717, 1.165) is 9.13 Å². The number of rotatable bonds is 3. The summed E-state index contributed by atoms with van der Waals surface area (Å²) in [6.45, 7) is 6.54. The molecular formula is C12H16INO. The molecule has 0 spiro atoms. The van der Waals surface area contributed by atoms with Crippen molar-refractivity contribution in [3.8, 4) is 0 Å². The summed E-state index contributed by atoms with van der Waals surface area (Å²) in [5.41, 5.74) is 0.756. The Morgan fingerprint density at radius 1 is 1.27 bits per heavy atom. The zero-order valence-electron chi connectivity index (χ0n) is 9.30. The van der Waals surface area contributed by atoms with Crippen LogP contribution in [-0.2, 0) is 0 Å². The highest BCUT2D eigenvalue weighted by atomic mass is 127. The van der Waals surface area contributed by atoms with Gasteiger partial charge in [0, 0.05) is 14.7 Å². The molecule has 0 saturated heterocycles. The first-order valence-electron chi connectivity index (χ1n) is 4.92. The lowest BCUT2D eigenvalue weighted by molar-refractivity contribution is 0.0982. The Bertz CT molecular complexity index is 338. The van der Waals surface area contributed by atoms with Crippen LogP contribution < -0.4 is 5.32 Å². The van der Waals surface area contributed by atoms with Crippen LogP contribution in [-0.4, -0.2) is 17.9 Å². The van der Waals surface area contributed by atoms with Crippen LogP contribution in [0.5, 0.6) is 0 Å². The Morgan fingerprint density at radius 2 is 1.80 bits per heavy atom. The van der Waals surface area contributed by atoms with Gasteiger partial charge in [0.1, 0.15) is 0 Å². The quantitative estimate of drug-likeness (QED) is 0.686. The lowest BCUT2D eigenvalue weighted by atomic mass is 10.1. The summed E-state index contributed by atoms with van der Waals surface area (Å²) < 4.78 is 1.15. The number of hydrogen-bond donors (Lipinski definition) is 1. The molecule has 0 heterocycles. The van der Waals surface area contributed by atoms with Crippen LogP contribution >= 0.6 is 22.6 Å². The van der Waals surface area contributed by atoms with Gasteiger partial charge in [-0.3, -0.25) is 4.79 Å². The number of hydrogen-bond acceptors (Lipinski definition) is 2. The maximum absolute atomic E-state index is 11.7. The molecule has 1 aromatic carbocycles. The lowest BCUT2D eigenvalue weighted by Gasteiger charge is -2.19. The molecule has 0 aliphatic carbocycles. The van der Waals surface area contributed by atoms with Crippen molar-refractivity contribution in [3.63, 3.8) is 0 Å². The van der Waals surface area contributed by atoms with E-state index in [1.54, 1.807) is 0 Å². The maximum Gasteiger partial charge on any atom is 0.176 e. The monoisotopic (exact) mass is 317 g/mol. The summed E-state index contributed by atoms with van der Waals surface area (Å²) in [4.78, 5) is 11.7. The van der Waals surface area contributed by atoms with E-state index in [9.17, 15) is 4.79 Å². The van der Waals surface area contributed by atoms with Gasteiger partial charge < -0.3 is 5.32 Å². The van der Waals surface area contributed by atoms with Gasteiger partial charge in [-0.05, 0) is 55.5 Å². The van der Waals surface area contributed by atoms with Crippen LogP contribution in [0.3, 0.4) is 0 Å². The molecule has 0 atom stereocenters. The number of halogens is 1. The number of nitrogens with one attached hydrogen (secondary N) is 1. The van der Waals surface area contributed by atoms with Crippen molar-refractivity contribution in [2.45, 2.75) is 26.3 Å². The second kappa shape index (κ2) is 5.07. The molecule has 1 N–H and O–H groups in total. The Balaban J connectivity index is 2.58. The van der Waals surface area contributed by atoms with E-state index < -0.39 is 0 Å². The first-order chi connectivity index (χ1) is 6.88. The molecule has 2 nitrogen and oxygen atoms in total. The lowest BCUT2D eigenvalue weighted by Crippen LogP contribution is -2.39. The fourth-order valence-corrected chi connectivity index (χ4v) is 1.44. The summed E-state index contributed by atoms with van der Waals surface area (Å²) in [5.74, 6) is 0.140. The van der Waals surface area contributed by atoms with Crippen LogP contribution in [0.4, 0.5) is 0 Å². The minimum atomic E-state index is -0.0150. The zero-order chi connectivity index (χ0) is 11.5. The Kier molecular flexibility index (Phi) is 4.28. The minimum absolute atomic E-state index is 0.0150. The Morgan fingerprint density at radius 3 is 2.27 bits per heavy atom. The van der Waals surface area contributed by atoms with Gasteiger partial charge >= 0.3 is 0 Å². The predicted octanol–water partition coefficient (Wildman–Crippen LogP) is 2.86. The number of benzene rings is 1. The first-order valence-corrected chi connectivity index (χ1v) is 6.00. The molecule has 0 unspecified atom stereocenters. The van der Waals surface area contributed by atoms with Crippen LogP contribution in [0.2, 0.25) is 0 Å². The van der Waals surface area contributed by atoms with Crippen molar-refractivity contribution < 1.29 is 4.79 Å². The molecule has 0 amide bonds. The summed E-state index contributed by atoms with van der Waals surface area (Å²) in [7, 11) is 0.